The minimum absolute atomic E-state index is 0.0654. The molecule has 8 rings (SSSR count). The van der Waals surface area contributed by atoms with Crippen LogP contribution in [0.15, 0.2) is 158 Å². The third-order valence-corrected chi connectivity index (χ3v) is 12.2. The molecule has 4 nitrogen and oxygen atoms in total. The summed E-state index contributed by atoms with van der Waals surface area (Å²) in [5, 5.41) is 1.33. The van der Waals surface area contributed by atoms with Crippen molar-refractivity contribution in [1.82, 2.24) is 9.80 Å². The van der Waals surface area contributed by atoms with E-state index in [1.54, 1.807) is 28.8 Å². The van der Waals surface area contributed by atoms with Crippen molar-refractivity contribution in [3.8, 4) is 0 Å². The monoisotopic (exact) mass is 760 g/mol. The van der Waals surface area contributed by atoms with E-state index in [0.717, 1.165) is 39.1 Å². The molecular weight excluding hydrogens is 727 g/mol. The van der Waals surface area contributed by atoms with Crippen LogP contribution in [0.25, 0.3) is 0 Å². The molecule has 0 saturated carbocycles. The van der Waals surface area contributed by atoms with Crippen molar-refractivity contribution < 1.29 is 9.59 Å². The zero-order chi connectivity index (χ0) is 36.3. The van der Waals surface area contributed by atoms with Gasteiger partial charge in [-0.2, -0.15) is 0 Å². The van der Waals surface area contributed by atoms with E-state index in [1.165, 1.54) is 5.56 Å². The predicted molar refractivity (Wildman–Crippen MR) is 214 cm³/mol. The Morgan fingerprint density at radius 3 is 1.58 bits per heavy atom. The van der Waals surface area contributed by atoms with Crippen molar-refractivity contribution in [3.63, 3.8) is 0 Å². The van der Waals surface area contributed by atoms with Gasteiger partial charge in [0.15, 0.2) is 5.00 Å². The number of thioether (sulfide) groups is 1. The fourth-order valence-corrected chi connectivity index (χ4v) is 9.32. The average molecular weight is 762 g/mol. The molecule has 6 aromatic rings. The predicted octanol–water partition coefficient (Wildman–Crippen LogP) is 11.4. The van der Waals surface area contributed by atoms with E-state index < -0.39 is 9.87 Å². The van der Waals surface area contributed by atoms with Gasteiger partial charge >= 0.3 is 0 Å². The Morgan fingerprint density at radius 1 is 0.538 bits per heavy atom. The van der Waals surface area contributed by atoms with Gasteiger partial charge < -0.3 is 9.80 Å². The molecule has 0 N–H and O–H groups in total. The second kappa shape index (κ2) is 15.2. The number of amides is 2. The number of benzene rings is 6. The lowest BCUT2D eigenvalue weighted by Crippen LogP contribution is -2.42. The van der Waals surface area contributed by atoms with Crippen molar-refractivity contribution in [2.24, 2.45) is 0 Å². The van der Waals surface area contributed by atoms with Crippen LogP contribution in [-0.4, -0.2) is 28.2 Å². The smallest absolute Gasteiger partial charge is 0.256 e. The quantitative estimate of drug-likeness (QED) is 0.115. The van der Waals surface area contributed by atoms with Crippen molar-refractivity contribution in [1.29, 1.82) is 0 Å². The molecule has 2 amide bonds. The Kier molecular flexibility index (Phi) is 10.5. The Labute approximate surface area is 324 Å². The van der Waals surface area contributed by atoms with Crippen LogP contribution in [0.1, 0.15) is 61.0 Å². The largest absolute Gasteiger partial charge is 0.316 e. The number of carbonyl (C=O) groups excluding carboxylic acids is 2. The highest BCUT2D eigenvalue weighted by Gasteiger charge is 2.51. The first-order valence-electron chi connectivity index (χ1n) is 17.0. The van der Waals surface area contributed by atoms with E-state index in [-0.39, 0.29) is 11.8 Å². The maximum Gasteiger partial charge on any atom is 0.256 e. The van der Waals surface area contributed by atoms with Gasteiger partial charge in [-0.25, -0.2) is 0 Å². The maximum absolute atomic E-state index is 13.2. The van der Waals surface area contributed by atoms with E-state index in [0.29, 0.717) is 28.7 Å². The van der Waals surface area contributed by atoms with Gasteiger partial charge in [0.25, 0.3) is 11.8 Å². The van der Waals surface area contributed by atoms with Crippen LogP contribution >= 0.6 is 46.6 Å². The van der Waals surface area contributed by atoms with Crippen LogP contribution in [0.3, 0.4) is 0 Å². The molecule has 2 aliphatic heterocycles. The standard InChI is InChI=1S/C23H20ClNOS.C21H15Cl2NO/c1-2-25-22(26)20-10-6-7-11-21(20)23(25,18-12-14-19(24)15-13-18)27-16-17-8-4-3-5-9-17;22-17-12-10-16(11-13-17)21(23)19-9-5-4-8-18(19)20(25)24(21)14-15-6-2-1-3-7-15/h3-15H,2,16H2,1H3;1-13H,14H2. The average Bonchev–Trinajstić information content (AvgIpc) is 3.56. The van der Waals surface area contributed by atoms with E-state index in [9.17, 15) is 9.59 Å². The van der Waals surface area contributed by atoms with Gasteiger partial charge in [-0.05, 0) is 65.6 Å². The maximum atomic E-state index is 13.2. The molecule has 0 radical (unpaired) electrons. The summed E-state index contributed by atoms with van der Waals surface area (Å²) in [5.41, 5.74) is 7.46. The molecule has 0 spiro atoms. The first kappa shape index (κ1) is 35.9. The Balaban J connectivity index is 0.000000162. The number of hydrogen-bond acceptors (Lipinski definition) is 3. The summed E-state index contributed by atoms with van der Waals surface area (Å²) in [6.07, 6.45) is 0. The van der Waals surface area contributed by atoms with Crippen LogP contribution in [-0.2, 0) is 22.2 Å². The van der Waals surface area contributed by atoms with Gasteiger partial charge in [0.05, 0.1) is 0 Å². The van der Waals surface area contributed by atoms with E-state index in [1.807, 2.05) is 127 Å². The van der Waals surface area contributed by atoms with Gasteiger partial charge in [0.1, 0.15) is 4.87 Å². The Morgan fingerprint density at radius 2 is 1.00 bits per heavy atom. The lowest BCUT2D eigenvalue weighted by molar-refractivity contribution is 0.0700. The number of rotatable bonds is 8. The SMILES string of the molecule is CCN1C(=O)c2ccccc2C1(SCc1ccccc1)c1ccc(Cl)cc1.O=C1c2ccccc2C(Cl)(c2ccc(Cl)cc2)N1Cc1ccccc1. The third-order valence-electron chi connectivity index (χ3n) is 9.53. The van der Waals surface area contributed by atoms with Gasteiger partial charge in [0, 0.05) is 51.1 Å². The van der Waals surface area contributed by atoms with Gasteiger partial charge in [0.2, 0.25) is 0 Å². The number of halogens is 3. The number of hydrogen-bond donors (Lipinski definition) is 0. The molecule has 2 unspecified atom stereocenters. The summed E-state index contributed by atoms with van der Waals surface area (Å²) in [7, 11) is 0. The summed E-state index contributed by atoms with van der Waals surface area (Å²) in [6, 6.07) is 51.0. The molecule has 8 heteroatoms. The fraction of sp³-hybridized carbons (Fsp3) is 0.136. The summed E-state index contributed by atoms with van der Waals surface area (Å²) in [5.74, 6) is 0.828. The van der Waals surface area contributed by atoms with Crippen LogP contribution in [0.2, 0.25) is 10.0 Å². The number of nitrogens with zero attached hydrogens (tertiary/aromatic N) is 2. The number of fused-ring (bicyclic) bond motifs is 2. The molecule has 6 aromatic carbocycles. The highest BCUT2D eigenvalue weighted by molar-refractivity contribution is 7.99. The first-order chi connectivity index (χ1) is 25.3. The zero-order valence-corrected chi connectivity index (χ0v) is 31.5. The van der Waals surface area contributed by atoms with Crippen molar-refractivity contribution >= 4 is 58.4 Å². The molecule has 0 bridgehead atoms. The van der Waals surface area contributed by atoms with E-state index in [4.69, 9.17) is 34.8 Å². The third kappa shape index (κ3) is 6.52. The van der Waals surface area contributed by atoms with Crippen LogP contribution in [0.4, 0.5) is 0 Å². The Bertz CT molecular complexity index is 2200. The second-order valence-electron chi connectivity index (χ2n) is 12.6. The van der Waals surface area contributed by atoms with E-state index >= 15 is 0 Å². The number of carbonyl (C=O) groups is 2. The number of alkyl halides is 1. The van der Waals surface area contributed by atoms with Crippen molar-refractivity contribution in [3.05, 3.63) is 212 Å². The first-order valence-corrected chi connectivity index (χ1v) is 19.1. The summed E-state index contributed by atoms with van der Waals surface area (Å²) in [4.78, 5) is 28.4. The summed E-state index contributed by atoms with van der Waals surface area (Å²) < 4.78 is 0. The Hall–Kier alpha value is -4.52. The zero-order valence-electron chi connectivity index (χ0n) is 28.4. The van der Waals surface area contributed by atoms with Crippen LogP contribution < -0.4 is 0 Å². The summed E-state index contributed by atoms with van der Waals surface area (Å²) in [6.45, 7) is 3.11. The molecule has 260 valence electrons. The molecule has 0 fully saturated rings. The molecular formula is C44H35Cl3N2O2S. The molecule has 52 heavy (non-hydrogen) atoms. The normalized spacial score (nSPS) is 18.8. The lowest BCUT2D eigenvalue weighted by atomic mass is 9.97. The minimum Gasteiger partial charge on any atom is -0.316 e. The lowest BCUT2D eigenvalue weighted by Gasteiger charge is -2.39. The molecule has 2 heterocycles. The van der Waals surface area contributed by atoms with Crippen molar-refractivity contribution in [2.45, 2.75) is 29.1 Å². The molecule has 0 saturated heterocycles. The molecule has 2 atom stereocenters. The van der Waals surface area contributed by atoms with Crippen LogP contribution in [0, 0.1) is 0 Å². The molecule has 2 aliphatic rings. The summed E-state index contributed by atoms with van der Waals surface area (Å²) >= 11 is 21.1. The van der Waals surface area contributed by atoms with Crippen LogP contribution in [0.5, 0.6) is 0 Å². The fourth-order valence-electron chi connectivity index (χ4n) is 7.07. The molecule has 0 aromatic heterocycles. The second-order valence-corrected chi connectivity index (χ2v) is 15.2. The molecule has 0 aliphatic carbocycles. The van der Waals surface area contributed by atoms with Gasteiger partial charge in [-0.15, -0.1) is 11.8 Å². The topological polar surface area (TPSA) is 40.6 Å². The highest BCUT2D eigenvalue weighted by atomic mass is 35.5. The minimum atomic E-state index is -1.05. The van der Waals surface area contributed by atoms with Crippen molar-refractivity contribution in [2.75, 3.05) is 6.54 Å². The van der Waals surface area contributed by atoms with E-state index in [2.05, 4.69) is 30.3 Å². The highest BCUT2D eigenvalue weighted by Crippen LogP contribution is 2.53. The van der Waals surface area contributed by atoms with Gasteiger partial charge in [-0.1, -0.05) is 156 Å². The van der Waals surface area contributed by atoms with Gasteiger partial charge in [-0.3, -0.25) is 9.59 Å².